The Labute approximate surface area is 103 Å². The van der Waals surface area contributed by atoms with Crippen molar-refractivity contribution in [1.82, 2.24) is 4.98 Å². The normalized spacial score (nSPS) is 11.0. The Bertz CT molecular complexity index is 805. The maximum Gasteiger partial charge on any atom is 0.230 e. The van der Waals surface area contributed by atoms with Gasteiger partial charge in [0.15, 0.2) is 11.3 Å². The quantitative estimate of drug-likeness (QED) is 0.614. The second-order valence-electron chi connectivity index (χ2n) is 4.07. The van der Waals surface area contributed by atoms with Gasteiger partial charge in [-0.1, -0.05) is 6.07 Å². The molecule has 18 heavy (non-hydrogen) atoms. The fourth-order valence-electron chi connectivity index (χ4n) is 1.99. The van der Waals surface area contributed by atoms with Crippen LogP contribution in [0.4, 0.5) is 0 Å². The van der Waals surface area contributed by atoms with Crippen molar-refractivity contribution in [1.29, 1.82) is 0 Å². The minimum atomic E-state index is -0.0855. The topological polar surface area (TPSA) is 52.3 Å². The Morgan fingerprint density at radius 3 is 2.78 bits per heavy atom. The number of hydrogen-bond acceptors (Lipinski definition) is 4. The zero-order valence-electron chi connectivity index (χ0n) is 10.1. The summed E-state index contributed by atoms with van der Waals surface area (Å²) in [6, 6.07) is 8.79. The Kier molecular flexibility index (Phi) is 2.30. The molecule has 3 rings (SSSR count). The highest BCUT2D eigenvalue weighted by atomic mass is 16.5. The Morgan fingerprint density at radius 1 is 1.17 bits per heavy atom. The summed E-state index contributed by atoms with van der Waals surface area (Å²) in [6.45, 7) is 1.85. The lowest BCUT2D eigenvalue weighted by Gasteiger charge is -2.05. The zero-order chi connectivity index (χ0) is 12.7. The molecule has 90 valence electrons. The van der Waals surface area contributed by atoms with Gasteiger partial charge in [-0.15, -0.1) is 0 Å². The molecule has 0 atom stereocenters. The molecule has 0 N–H and O–H groups in total. The van der Waals surface area contributed by atoms with E-state index in [2.05, 4.69) is 4.98 Å². The van der Waals surface area contributed by atoms with Crippen LogP contribution in [0, 0.1) is 6.92 Å². The van der Waals surface area contributed by atoms with Gasteiger partial charge in [-0.2, -0.15) is 0 Å². The Balaban J connectivity index is 2.56. The van der Waals surface area contributed by atoms with Gasteiger partial charge in [-0.3, -0.25) is 4.79 Å². The number of para-hydroxylation sites is 1. The lowest BCUT2D eigenvalue weighted by atomic mass is 10.1. The maximum absolute atomic E-state index is 12.3. The van der Waals surface area contributed by atoms with Crippen LogP contribution >= 0.6 is 0 Å². The molecule has 0 radical (unpaired) electrons. The third kappa shape index (κ3) is 1.46. The van der Waals surface area contributed by atoms with Crippen LogP contribution in [0.15, 0.2) is 39.5 Å². The molecule has 0 saturated carbocycles. The summed E-state index contributed by atoms with van der Waals surface area (Å²) in [5.41, 5.74) is 1.50. The van der Waals surface area contributed by atoms with Crippen LogP contribution in [0.25, 0.3) is 22.1 Å². The van der Waals surface area contributed by atoms with Crippen LogP contribution in [0.2, 0.25) is 0 Å². The number of ether oxygens (including phenoxy) is 1. The molecule has 4 nitrogen and oxygen atoms in total. The van der Waals surface area contributed by atoms with E-state index >= 15 is 0 Å². The van der Waals surface area contributed by atoms with Crippen molar-refractivity contribution in [3.63, 3.8) is 0 Å². The summed E-state index contributed by atoms with van der Waals surface area (Å²) in [6.07, 6.45) is 0. The SMILES string of the molecule is COc1cccc2c(=O)c3ccc(C)nc3oc12. The van der Waals surface area contributed by atoms with E-state index < -0.39 is 0 Å². The summed E-state index contributed by atoms with van der Waals surface area (Å²) in [4.78, 5) is 16.6. The van der Waals surface area contributed by atoms with Crippen molar-refractivity contribution >= 4 is 22.1 Å². The van der Waals surface area contributed by atoms with Crippen molar-refractivity contribution < 1.29 is 9.15 Å². The molecule has 3 aromatic rings. The van der Waals surface area contributed by atoms with E-state index in [1.165, 1.54) is 0 Å². The first-order valence-electron chi connectivity index (χ1n) is 5.58. The molecule has 2 heterocycles. The average Bonchev–Trinajstić information content (AvgIpc) is 2.38. The third-order valence-electron chi connectivity index (χ3n) is 2.89. The van der Waals surface area contributed by atoms with Crippen LogP contribution in [-0.4, -0.2) is 12.1 Å². The van der Waals surface area contributed by atoms with Gasteiger partial charge in [0.2, 0.25) is 11.1 Å². The molecule has 2 aromatic heterocycles. The smallest absolute Gasteiger partial charge is 0.230 e. The first-order valence-corrected chi connectivity index (χ1v) is 5.58. The van der Waals surface area contributed by atoms with Gasteiger partial charge in [0.05, 0.1) is 17.9 Å². The minimum absolute atomic E-state index is 0.0855. The van der Waals surface area contributed by atoms with Gasteiger partial charge < -0.3 is 9.15 Å². The summed E-state index contributed by atoms with van der Waals surface area (Å²) < 4.78 is 10.9. The molecule has 0 unspecified atom stereocenters. The van der Waals surface area contributed by atoms with Gasteiger partial charge in [0, 0.05) is 5.69 Å². The summed E-state index contributed by atoms with van der Waals surface area (Å²) in [5.74, 6) is 0.537. The number of aryl methyl sites for hydroxylation is 1. The highest BCUT2D eigenvalue weighted by Gasteiger charge is 2.11. The number of fused-ring (bicyclic) bond motifs is 2. The number of benzene rings is 1. The lowest BCUT2D eigenvalue weighted by Crippen LogP contribution is -2.04. The van der Waals surface area contributed by atoms with Crippen LogP contribution in [0.5, 0.6) is 5.75 Å². The fourth-order valence-corrected chi connectivity index (χ4v) is 1.99. The van der Waals surface area contributed by atoms with Gasteiger partial charge in [-0.05, 0) is 31.2 Å². The molecule has 0 amide bonds. The monoisotopic (exact) mass is 241 g/mol. The number of hydrogen-bond donors (Lipinski definition) is 0. The van der Waals surface area contributed by atoms with Crippen LogP contribution < -0.4 is 10.2 Å². The van der Waals surface area contributed by atoms with Crippen molar-refractivity contribution in [2.24, 2.45) is 0 Å². The molecule has 1 aromatic carbocycles. The highest BCUT2D eigenvalue weighted by molar-refractivity contribution is 5.91. The van der Waals surface area contributed by atoms with Gasteiger partial charge in [0.1, 0.15) is 0 Å². The summed E-state index contributed by atoms with van der Waals surface area (Å²) in [7, 11) is 1.54. The molecular weight excluding hydrogens is 230 g/mol. The van der Waals surface area contributed by atoms with E-state index in [-0.39, 0.29) is 5.43 Å². The second kappa shape index (κ2) is 3.84. The molecule has 0 aliphatic heterocycles. The number of nitrogens with zero attached hydrogens (tertiary/aromatic N) is 1. The van der Waals surface area contributed by atoms with Gasteiger partial charge in [-0.25, -0.2) is 4.98 Å². The Hall–Kier alpha value is -2.36. The van der Waals surface area contributed by atoms with E-state index in [4.69, 9.17) is 9.15 Å². The van der Waals surface area contributed by atoms with E-state index in [0.29, 0.717) is 27.8 Å². The van der Waals surface area contributed by atoms with Gasteiger partial charge in [0.25, 0.3) is 0 Å². The predicted molar refractivity (Wildman–Crippen MR) is 69.1 cm³/mol. The molecule has 0 bridgehead atoms. The predicted octanol–water partition coefficient (Wildman–Crippen LogP) is 2.66. The largest absolute Gasteiger partial charge is 0.493 e. The van der Waals surface area contributed by atoms with Crippen molar-refractivity contribution in [3.8, 4) is 5.75 Å². The zero-order valence-corrected chi connectivity index (χ0v) is 10.1. The average molecular weight is 241 g/mol. The Morgan fingerprint density at radius 2 is 2.00 bits per heavy atom. The second-order valence-corrected chi connectivity index (χ2v) is 4.07. The standard InChI is InChI=1S/C14H11NO3/c1-8-6-7-10-12(16)9-4-3-5-11(17-2)13(9)18-14(10)15-8/h3-7H,1-2H3. The van der Waals surface area contributed by atoms with E-state index in [1.54, 1.807) is 37.4 Å². The first kappa shape index (κ1) is 10.8. The fraction of sp³-hybridized carbons (Fsp3) is 0.143. The van der Waals surface area contributed by atoms with E-state index in [0.717, 1.165) is 5.69 Å². The number of aromatic nitrogens is 1. The molecule has 4 heteroatoms. The number of methoxy groups -OCH3 is 1. The molecule has 0 spiro atoms. The number of pyridine rings is 1. The van der Waals surface area contributed by atoms with Crippen molar-refractivity contribution in [2.75, 3.05) is 7.11 Å². The lowest BCUT2D eigenvalue weighted by molar-refractivity contribution is 0.411. The van der Waals surface area contributed by atoms with E-state index in [1.807, 2.05) is 6.92 Å². The molecule has 0 saturated heterocycles. The van der Waals surface area contributed by atoms with Crippen LogP contribution in [0.1, 0.15) is 5.69 Å². The maximum atomic E-state index is 12.3. The third-order valence-corrected chi connectivity index (χ3v) is 2.89. The van der Waals surface area contributed by atoms with Crippen molar-refractivity contribution in [3.05, 3.63) is 46.2 Å². The number of rotatable bonds is 1. The molecule has 0 fully saturated rings. The van der Waals surface area contributed by atoms with Crippen LogP contribution in [-0.2, 0) is 0 Å². The molecular formula is C14H11NO3. The molecule has 0 aliphatic carbocycles. The highest BCUT2D eigenvalue weighted by Crippen LogP contribution is 2.25. The van der Waals surface area contributed by atoms with Crippen molar-refractivity contribution in [2.45, 2.75) is 6.92 Å². The van der Waals surface area contributed by atoms with Gasteiger partial charge >= 0.3 is 0 Å². The summed E-state index contributed by atoms with van der Waals surface area (Å²) >= 11 is 0. The summed E-state index contributed by atoms with van der Waals surface area (Å²) in [5, 5.41) is 0.994. The van der Waals surface area contributed by atoms with Crippen LogP contribution in [0.3, 0.4) is 0 Å². The minimum Gasteiger partial charge on any atom is -0.493 e. The van der Waals surface area contributed by atoms with E-state index in [9.17, 15) is 4.79 Å². The molecule has 0 aliphatic rings. The first-order chi connectivity index (χ1) is 8.70.